The van der Waals surface area contributed by atoms with E-state index in [1.807, 2.05) is 0 Å². The molecule has 0 bridgehead atoms. The van der Waals surface area contributed by atoms with E-state index >= 15 is 0 Å². The van der Waals surface area contributed by atoms with Gasteiger partial charge in [0, 0.05) is 0 Å². The first-order valence-corrected chi connectivity index (χ1v) is 22.3. The lowest BCUT2D eigenvalue weighted by molar-refractivity contribution is 0.525. The maximum atomic E-state index is 2.46. The summed E-state index contributed by atoms with van der Waals surface area (Å²) in [6.07, 6.45) is 5.95. The Labute approximate surface area is 237 Å². The molecule has 3 heteroatoms. The maximum Gasteiger partial charge on any atom is 0.0992 e. The van der Waals surface area contributed by atoms with Crippen LogP contribution in [0, 0.1) is 23.7 Å². The highest BCUT2D eigenvalue weighted by Crippen LogP contribution is 2.74. The van der Waals surface area contributed by atoms with Gasteiger partial charge in [0.1, 0.15) is 0 Å². The van der Waals surface area contributed by atoms with Crippen molar-refractivity contribution in [3.63, 3.8) is 0 Å². The number of hydrogen-bond donors (Lipinski definition) is 0. The van der Waals surface area contributed by atoms with Crippen LogP contribution in [-0.2, 0) is 0 Å². The van der Waals surface area contributed by atoms with Gasteiger partial charge in [-0.3, -0.25) is 0 Å². The Morgan fingerprint density at radius 1 is 0.359 bits per heavy atom. The summed E-state index contributed by atoms with van der Waals surface area (Å²) in [5.41, 5.74) is 0. The first kappa shape index (κ1) is 24.7. The third-order valence-corrected chi connectivity index (χ3v) is 26.4. The van der Waals surface area contributed by atoms with E-state index in [0.29, 0.717) is 0 Å². The summed E-state index contributed by atoms with van der Waals surface area (Å²) in [4.78, 5) is 0. The van der Waals surface area contributed by atoms with E-state index in [1.54, 1.807) is 45.4 Å². The van der Waals surface area contributed by atoms with Crippen LogP contribution in [0.1, 0.15) is 0 Å². The van der Waals surface area contributed by atoms with Gasteiger partial charge < -0.3 is 0 Å². The average Bonchev–Trinajstić information content (AvgIpc) is 3.71. The van der Waals surface area contributed by atoms with Gasteiger partial charge in [0.05, 0.1) is 68.5 Å². The van der Waals surface area contributed by atoms with Gasteiger partial charge in [0.2, 0.25) is 0 Å². The van der Waals surface area contributed by atoms with Gasteiger partial charge >= 0.3 is 0 Å². The van der Waals surface area contributed by atoms with E-state index in [-0.39, 0.29) is 0 Å². The Hall–Kier alpha value is -2.04. The molecule has 4 atom stereocenters. The van der Waals surface area contributed by atoms with Crippen LogP contribution in [0.2, 0.25) is 24.2 Å². The summed E-state index contributed by atoms with van der Waals surface area (Å²) in [5, 5.41) is 6.68. The molecule has 4 aromatic rings. The van der Waals surface area contributed by atoms with Gasteiger partial charge in [-0.2, -0.15) is 0 Å². The van der Waals surface area contributed by atoms with Gasteiger partial charge in [0.15, 0.2) is 0 Å². The molecule has 0 amide bonds. The van der Waals surface area contributed by atoms with Crippen molar-refractivity contribution in [2.24, 2.45) is 23.7 Å². The van der Waals surface area contributed by atoms with Gasteiger partial charge in [-0.25, -0.2) is 0 Å². The Morgan fingerprint density at radius 2 is 0.590 bits per heavy atom. The topological polar surface area (TPSA) is 0 Å². The second-order valence-corrected chi connectivity index (χ2v) is 25.4. The van der Waals surface area contributed by atoms with Gasteiger partial charge in [-0.1, -0.05) is 97.0 Å². The summed E-state index contributed by atoms with van der Waals surface area (Å²) in [5.74, 6) is 3.97. The number of benzene rings is 4. The molecule has 4 fully saturated rings. The minimum absolute atomic E-state index is 0.993. The minimum Gasteiger partial charge on any atom is -0.0620 e. The van der Waals surface area contributed by atoms with Crippen LogP contribution in [0.3, 0.4) is 0 Å². The Bertz CT molecular complexity index is 1210. The van der Waals surface area contributed by atoms with E-state index in [4.69, 9.17) is 0 Å². The lowest BCUT2D eigenvalue weighted by Gasteiger charge is -2.29. The molecule has 8 rings (SSSR count). The SMILES string of the molecule is c1ccc([P+]2(c3ccccc3)C[C@H]3C[Si]4(C[C@@H]3C2)C[C@@H]2C[P+](c3ccccc3)(c3ccccc3)C[C@H]2C4)cc1. The van der Waals surface area contributed by atoms with Crippen LogP contribution in [0.4, 0.5) is 0 Å². The fourth-order valence-electron chi connectivity index (χ4n) is 9.99. The molecule has 4 aliphatic heterocycles. The third kappa shape index (κ3) is 3.99. The predicted octanol–water partition coefficient (Wildman–Crippen LogP) is 7.29. The molecule has 39 heavy (non-hydrogen) atoms. The highest BCUT2D eigenvalue weighted by Gasteiger charge is 2.66. The van der Waals surface area contributed by atoms with Crippen LogP contribution in [0.15, 0.2) is 121 Å². The molecule has 0 unspecified atom stereocenters. The third-order valence-electron chi connectivity index (χ3n) is 11.3. The molecule has 0 aliphatic carbocycles. The highest BCUT2D eigenvalue weighted by molar-refractivity contribution is 7.90. The van der Waals surface area contributed by atoms with Crippen molar-refractivity contribution in [1.82, 2.24) is 0 Å². The molecule has 4 aliphatic rings. The largest absolute Gasteiger partial charge is 0.0992 e. The molecule has 1 spiro atoms. The smallest absolute Gasteiger partial charge is 0.0620 e. The van der Waals surface area contributed by atoms with Gasteiger partial charge in [0.25, 0.3) is 0 Å². The Kier molecular flexibility index (Phi) is 6.03. The first-order chi connectivity index (χ1) is 19.2. The lowest BCUT2D eigenvalue weighted by Crippen LogP contribution is -2.33. The van der Waals surface area contributed by atoms with Crippen LogP contribution >= 0.6 is 14.5 Å². The molecular formula is C36H40P2Si+2. The number of hydrogen-bond acceptors (Lipinski definition) is 0. The van der Waals surface area contributed by atoms with Crippen molar-refractivity contribution >= 4 is 43.8 Å². The van der Waals surface area contributed by atoms with Crippen molar-refractivity contribution in [2.75, 3.05) is 24.6 Å². The molecule has 196 valence electrons. The summed E-state index contributed by atoms with van der Waals surface area (Å²) in [7, 11) is -3.72. The van der Waals surface area contributed by atoms with E-state index in [1.165, 1.54) is 24.6 Å². The van der Waals surface area contributed by atoms with Crippen molar-refractivity contribution in [3.8, 4) is 0 Å². The fraction of sp³-hybridized carbons (Fsp3) is 0.333. The normalized spacial score (nSPS) is 29.3. The molecule has 4 aromatic carbocycles. The van der Waals surface area contributed by atoms with Gasteiger partial charge in [-0.15, -0.1) is 0 Å². The molecule has 0 saturated carbocycles. The van der Waals surface area contributed by atoms with E-state index in [2.05, 4.69) is 121 Å². The van der Waals surface area contributed by atoms with Crippen LogP contribution < -0.4 is 21.2 Å². The molecular weight excluding hydrogens is 522 g/mol. The van der Waals surface area contributed by atoms with Gasteiger partial charge in [-0.05, 0) is 72.2 Å². The Balaban J connectivity index is 1.05. The number of rotatable bonds is 4. The monoisotopic (exact) mass is 562 g/mol. The van der Waals surface area contributed by atoms with Crippen molar-refractivity contribution in [1.29, 1.82) is 0 Å². The highest BCUT2D eigenvalue weighted by atomic mass is 31.2. The quantitative estimate of drug-likeness (QED) is 0.181. The molecule has 4 saturated heterocycles. The summed E-state index contributed by atoms with van der Waals surface area (Å²) >= 11 is 0. The summed E-state index contributed by atoms with van der Waals surface area (Å²) in [6, 6.07) is 53.4. The van der Waals surface area contributed by atoms with Crippen molar-refractivity contribution in [3.05, 3.63) is 121 Å². The molecule has 0 aromatic heterocycles. The van der Waals surface area contributed by atoms with Crippen LogP contribution in [-0.4, -0.2) is 32.7 Å². The minimum atomic E-state index is -1.28. The van der Waals surface area contributed by atoms with Crippen molar-refractivity contribution in [2.45, 2.75) is 24.2 Å². The zero-order valence-electron chi connectivity index (χ0n) is 22.9. The molecule has 0 radical (unpaired) electrons. The zero-order chi connectivity index (χ0) is 25.9. The fourth-order valence-corrected chi connectivity index (χ4v) is 28.8. The van der Waals surface area contributed by atoms with Crippen LogP contribution in [0.5, 0.6) is 0 Å². The summed E-state index contributed by atoms with van der Waals surface area (Å²) < 4.78 is 0. The predicted molar refractivity (Wildman–Crippen MR) is 177 cm³/mol. The lowest BCUT2D eigenvalue weighted by atomic mass is 10.0. The molecule has 0 N–H and O–H groups in total. The average molecular weight is 563 g/mol. The molecule has 4 heterocycles. The second-order valence-electron chi connectivity index (χ2n) is 13.4. The number of fused-ring (bicyclic) bond motifs is 2. The standard InChI is InChI=1S/C36H40P2Si/c1-5-13-33(14-6-1)37(34-15-7-2-8-16-34)21-29-25-39(26-30(29)22-37)27-31-23-38(24-32(31)28-39,35-17-9-3-10-18-35)36-19-11-4-12-20-36/h1-20,29-32H,21-28H2/q+2/t29-,30-,31-,32-/m0/s1. The zero-order valence-corrected chi connectivity index (χ0v) is 25.7. The summed E-state index contributed by atoms with van der Waals surface area (Å²) in [6.45, 7) is 0. The first-order valence-electron chi connectivity index (χ1n) is 15.1. The van der Waals surface area contributed by atoms with E-state index in [9.17, 15) is 0 Å². The van der Waals surface area contributed by atoms with Crippen LogP contribution in [0.25, 0.3) is 0 Å². The van der Waals surface area contributed by atoms with E-state index < -0.39 is 22.6 Å². The van der Waals surface area contributed by atoms with Crippen molar-refractivity contribution < 1.29 is 0 Å². The Morgan fingerprint density at radius 3 is 0.821 bits per heavy atom. The van der Waals surface area contributed by atoms with E-state index in [0.717, 1.165) is 23.7 Å². The molecule has 0 nitrogen and oxygen atoms in total. The second kappa shape index (κ2) is 9.51. The maximum absolute atomic E-state index is 2.46.